The Morgan fingerprint density at radius 2 is 2.42 bits per heavy atom. The van der Waals surface area contributed by atoms with E-state index in [1.54, 1.807) is 11.8 Å². The molecule has 0 aromatic carbocycles. The van der Waals surface area contributed by atoms with Crippen LogP contribution in [0.4, 0.5) is 0 Å². The number of H-pyrrole nitrogens is 1. The highest BCUT2D eigenvalue weighted by Crippen LogP contribution is 2.01. The Hall–Kier alpha value is -1.25. The second kappa shape index (κ2) is 3.95. The first-order valence-corrected chi connectivity index (χ1v) is 4.11. The fraction of sp³-hybridized carbons (Fsp3) is 0.444. The summed E-state index contributed by atoms with van der Waals surface area (Å²) in [6, 6.07) is 3.91. The highest BCUT2D eigenvalue weighted by atomic mass is 16.2. The molecule has 1 rings (SSSR count). The molecule has 0 saturated heterocycles. The van der Waals surface area contributed by atoms with Crippen molar-refractivity contribution in [2.75, 3.05) is 6.54 Å². The molecule has 1 N–H and O–H groups in total. The van der Waals surface area contributed by atoms with Gasteiger partial charge in [-0.3, -0.25) is 4.79 Å². The number of hydrogen-bond acceptors (Lipinski definition) is 1. The lowest BCUT2D eigenvalue weighted by molar-refractivity contribution is -0.129. The molecular weight excluding hydrogens is 152 g/mol. The highest BCUT2D eigenvalue weighted by Gasteiger charge is 2.05. The molecule has 0 unspecified atom stereocenters. The average molecular weight is 166 g/mol. The summed E-state index contributed by atoms with van der Waals surface area (Å²) in [4.78, 5) is 15.9. The molecule has 0 spiro atoms. The minimum absolute atomic E-state index is 0.118. The van der Waals surface area contributed by atoms with Gasteiger partial charge in [0.05, 0.1) is 6.54 Å². The fourth-order valence-electron chi connectivity index (χ4n) is 1.12. The zero-order chi connectivity index (χ0) is 8.97. The van der Waals surface area contributed by atoms with Gasteiger partial charge in [-0.05, 0) is 19.1 Å². The van der Waals surface area contributed by atoms with Crippen molar-refractivity contribution < 1.29 is 4.79 Å². The lowest BCUT2D eigenvalue weighted by Gasteiger charge is -2.17. The van der Waals surface area contributed by atoms with E-state index in [0.717, 1.165) is 12.2 Å². The number of carbonyl (C=O) groups is 1. The zero-order valence-corrected chi connectivity index (χ0v) is 7.50. The molecule has 0 saturated carbocycles. The van der Waals surface area contributed by atoms with E-state index in [0.29, 0.717) is 6.54 Å². The molecule has 1 aromatic heterocycles. The molecule has 3 heteroatoms. The van der Waals surface area contributed by atoms with E-state index in [2.05, 4.69) is 4.98 Å². The third-order valence-corrected chi connectivity index (χ3v) is 1.85. The maximum Gasteiger partial charge on any atom is 0.219 e. The van der Waals surface area contributed by atoms with Gasteiger partial charge in [-0.1, -0.05) is 0 Å². The van der Waals surface area contributed by atoms with Crippen LogP contribution in [-0.2, 0) is 11.3 Å². The number of nitrogens with one attached hydrogen (secondary N) is 1. The molecule has 0 fully saturated rings. The van der Waals surface area contributed by atoms with E-state index in [1.165, 1.54) is 0 Å². The van der Waals surface area contributed by atoms with Crippen molar-refractivity contribution in [1.82, 2.24) is 9.88 Å². The van der Waals surface area contributed by atoms with E-state index in [4.69, 9.17) is 0 Å². The first-order chi connectivity index (χ1) is 5.74. The topological polar surface area (TPSA) is 36.1 Å². The molecule has 0 bridgehead atoms. The molecule has 66 valence electrons. The molecule has 1 aromatic rings. The van der Waals surface area contributed by atoms with E-state index in [9.17, 15) is 4.79 Å². The lowest BCUT2D eigenvalue weighted by Crippen LogP contribution is -2.27. The van der Waals surface area contributed by atoms with Crippen LogP contribution in [0.2, 0.25) is 0 Å². The zero-order valence-electron chi connectivity index (χ0n) is 7.50. The number of aromatic nitrogens is 1. The van der Waals surface area contributed by atoms with Crippen LogP contribution in [0.5, 0.6) is 0 Å². The van der Waals surface area contributed by atoms with Crippen LogP contribution >= 0.6 is 0 Å². The van der Waals surface area contributed by atoms with Gasteiger partial charge < -0.3 is 9.88 Å². The van der Waals surface area contributed by atoms with Crippen LogP contribution in [0.3, 0.4) is 0 Å². The summed E-state index contributed by atoms with van der Waals surface area (Å²) >= 11 is 0. The van der Waals surface area contributed by atoms with Gasteiger partial charge in [-0.2, -0.15) is 0 Å². The quantitative estimate of drug-likeness (QED) is 0.723. The first kappa shape index (κ1) is 8.84. The van der Waals surface area contributed by atoms with Crippen molar-refractivity contribution in [2.24, 2.45) is 0 Å². The minimum Gasteiger partial charge on any atom is -0.364 e. The van der Waals surface area contributed by atoms with Crippen LogP contribution in [0.15, 0.2) is 18.3 Å². The van der Waals surface area contributed by atoms with E-state index in [1.807, 2.05) is 25.3 Å². The molecule has 0 atom stereocenters. The van der Waals surface area contributed by atoms with Crippen molar-refractivity contribution >= 4 is 5.91 Å². The van der Waals surface area contributed by atoms with Crippen molar-refractivity contribution in [1.29, 1.82) is 0 Å². The molecule has 0 aliphatic heterocycles. The first-order valence-electron chi connectivity index (χ1n) is 4.11. The van der Waals surface area contributed by atoms with Crippen molar-refractivity contribution in [3.63, 3.8) is 0 Å². The Labute approximate surface area is 72.4 Å². The number of carbonyl (C=O) groups excluding carboxylic acids is 1. The Balaban J connectivity index is 2.54. The number of hydrogen-bond donors (Lipinski definition) is 1. The molecule has 3 nitrogen and oxygen atoms in total. The molecular formula is C9H14N2O. The predicted molar refractivity (Wildman–Crippen MR) is 47.6 cm³/mol. The third kappa shape index (κ3) is 2.12. The van der Waals surface area contributed by atoms with Gasteiger partial charge in [0.1, 0.15) is 0 Å². The Morgan fingerprint density at radius 1 is 1.67 bits per heavy atom. The summed E-state index contributed by atoms with van der Waals surface area (Å²) in [5, 5.41) is 0. The van der Waals surface area contributed by atoms with Crippen LogP contribution in [0.1, 0.15) is 19.5 Å². The largest absolute Gasteiger partial charge is 0.364 e. The van der Waals surface area contributed by atoms with E-state index in [-0.39, 0.29) is 5.91 Å². The fourth-order valence-corrected chi connectivity index (χ4v) is 1.12. The number of amides is 1. The lowest BCUT2D eigenvalue weighted by atomic mass is 10.4. The monoisotopic (exact) mass is 166 g/mol. The Bertz CT molecular complexity index is 241. The van der Waals surface area contributed by atoms with Gasteiger partial charge in [0.15, 0.2) is 0 Å². The summed E-state index contributed by atoms with van der Waals surface area (Å²) in [7, 11) is 0. The standard InChI is InChI=1S/C9H14N2O/c1-3-11(8(2)12)7-9-5-4-6-10-9/h4-6,10H,3,7H2,1-2H3. The molecule has 0 aliphatic carbocycles. The third-order valence-electron chi connectivity index (χ3n) is 1.85. The van der Waals surface area contributed by atoms with Crippen LogP contribution in [-0.4, -0.2) is 22.3 Å². The van der Waals surface area contributed by atoms with Gasteiger partial charge in [-0.25, -0.2) is 0 Å². The maximum absolute atomic E-state index is 11.0. The molecule has 0 radical (unpaired) electrons. The number of aromatic amines is 1. The van der Waals surface area contributed by atoms with Crippen molar-refractivity contribution in [3.05, 3.63) is 24.0 Å². The van der Waals surface area contributed by atoms with Crippen molar-refractivity contribution in [2.45, 2.75) is 20.4 Å². The van der Waals surface area contributed by atoms with Gasteiger partial charge >= 0.3 is 0 Å². The summed E-state index contributed by atoms with van der Waals surface area (Å²) in [5.41, 5.74) is 1.08. The Kier molecular flexibility index (Phi) is 2.91. The van der Waals surface area contributed by atoms with E-state index >= 15 is 0 Å². The predicted octanol–water partition coefficient (Wildman–Crippen LogP) is 1.38. The maximum atomic E-state index is 11.0. The summed E-state index contributed by atoms with van der Waals surface area (Å²) in [6.45, 7) is 5.00. The molecule has 1 heterocycles. The van der Waals surface area contributed by atoms with Crippen LogP contribution in [0.25, 0.3) is 0 Å². The van der Waals surface area contributed by atoms with Gasteiger partial charge in [0, 0.05) is 25.4 Å². The summed E-state index contributed by atoms with van der Waals surface area (Å²) in [6.07, 6.45) is 1.86. The number of nitrogens with zero attached hydrogens (tertiary/aromatic N) is 1. The SMILES string of the molecule is CCN(Cc1ccc[nH]1)C(C)=O. The normalized spacial score (nSPS) is 9.83. The van der Waals surface area contributed by atoms with Gasteiger partial charge in [0.2, 0.25) is 5.91 Å². The average Bonchev–Trinajstić information content (AvgIpc) is 2.51. The Morgan fingerprint density at radius 3 is 2.83 bits per heavy atom. The second-order valence-electron chi connectivity index (χ2n) is 2.73. The highest BCUT2D eigenvalue weighted by molar-refractivity contribution is 5.73. The second-order valence-corrected chi connectivity index (χ2v) is 2.73. The molecule has 12 heavy (non-hydrogen) atoms. The molecule has 1 amide bonds. The van der Waals surface area contributed by atoms with Crippen molar-refractivity contribution in [3.8, 4) is 0 Å². The smallest absolute Gasteiger partial charge is 0.219 e. The summed E-state index contributed by atoms with van der Waals surface area (Å²) < 4.78 is 0. The summed E-state index contributed by atoms with van der Waals surface area (Å²) in [5.74, 6) is 0.118. The minimum atomic E-state index is 0.118. The van der Waals surface area contributed by atoms with Crippen LogP contribution < -0.4 is 0 Å². The molecule has 0 aliphatic rings. The van der Waals surface area contributed by atoms with Gasteiger partial charge in [0.25, 0.3) is 0 Å². The van der Waals surface area contributed by atoms with Crippen LogP contribution in [0, 0.1) is 0 Å². The number of rotatable bonds is 3. The van der Waals surface area contributed by atoms with E-state index < -0.39 is 0 Å². The van der Waals surface area contributed by atoms with Gasteiger partial charge in [-0.15, -0.1) is 0 Å².